The fourth-order valence-electron chi connectivity index (χ4n) is 6.05. The van der Waals surface area contributed by atoms with Gasteiger partial charge in [0.25, 0.3) is 6.33 Å². The fourth-order valence-corrected chi connectivity index (χ4v) is 8.20. The highest BCUT2D eigenvalue weighted by atomic mass is 32.1. The Morgan fingerprint density at radius 3 is 3.00 bits per heavy atom. The van der Waals surface area contributed by atoms with Gasteiger partial charge in [-0.05, 0) is 71.5 Å². The Morgan fingerprint density at radius 1 is 1.25 bits per heavy atom. The van der Waals surface area contributed by atoms with Crippen molar-refractivity contribution in [2.75, 3.05) is 0 Å². The van der Waals surface area contributed by atoms with E-state index in [1.165, 1.54) is 62.9 Å². The third-order valence-electron chi connectivity index (χ3n) is 7.32. The van der Waals surface area contributed by atoms with Crippen molar-refractivity contribution in [2.24, 2.45) is 18.9 Å². The number of thiophene rings is 2. The van der Waals surface area contributed by atoms with Crippen LogP contribution in [0.5, 0.6) is 11.5 Å². The molecule has 0 saturated heterocycles. The molecule has 0 N–H and O–H groups in total. The second-order valence-electron chi connectivity index (χ2n) is 8.77. The van der Waals surface area contributed by atoms with E-state index in [2.05, 4.69) is 36.1 Å². The standard InChI is InChI=1S/C23H21N2OS2/c1-11-14-5-6-27-17(14)9-16-18(11)20-19-21(26-16)22(28-23(19)24-10-25(20)2)15-8-12-3-4-13(15)7-12/h5-6,9-10,12-13,15H,3-4,7-8H2,1-2H3/q+1. The van der Waals surface area contributed by atoms with Crippen LogP contribution in [0.3, 0.4) is 0 Å². The highest BCUT2D eigenvalue weighted by Gasteiger charge is 2.44. The van der Waals surface area contributed by atoms with Crippen molar-refractivity contribution >= 4 is 43.0 Å². The number of aromatic nitrogens is 2. The average molecular weight is 406 g/mol. The van der Waals surface area contributed by atoms with E-state index in [0.717, 1.165) is 28.2 Å². The zero-order valence-electron chi connectivity index (χ0n) is 16.0. The average Bonchev–Trinajstić information content (AvgIpc) is 3.47. The van der Waals surface area contributed by atoms with Gasteiger partial charge in [0, 0.05) is 10.6 Å². The highest BCUT2D eigenvalue weighted by Crippen LogP contribution is 2.60. The van der Waals surface area contributed by atoms with Crippen LogP contribution in [0.2, 0.25) is 0 Å². The van der Waals surface area contributed by atoms with Crippen LogP contribution in [-0.4, -0.2) is 4.98 Å². The summed E-state index contributed by atoms with van der Waals surface area (Å²) >= 11 is 3.68. The zero-order valence-corrected chi connectivity index (χ0v) is 17.6. The van der Waals surface area contributed by atoms with Crippen molar-refractivity contribution in [2.45, 2.75) is 38.5 Å². The minimum Gasteiger partial charge on any atom is -0.454 e. The molecule has 3 atom stereocenters. The summed E-state index contributed by atoms with van der Waals surface area (Å²) in [5.41, 5.74) is 3.83. The first-order valence-electron chi connectivity index (χ1n) is 10.2. The zero-order chi connectivity index (χ0) is 18.6. The van der Waals surface area contributed by atoms with Gasteiger partial charge in [0.05, 0.1) is 17.5 Å². The predicted molar refractivity (Wildman–Crippen MR) is 115 cm³/mol. The van der Waals surface area contributed by atoms with Crippen LogP contribution in [-0.2, 0) is 7.05 Å². The topological polar surface area (TPSA) is 26.0 Å². The Kier molecular flexibility index (Phi) is 3.03. The molecule has 5 heteroatoms. The van der Waals surface area contributed by atoms with Crippen LogP contribution in [0, 0.1) is 18.8 Å². The SMILES string of the molecule is Cc1c2c(cc3sccc13)Oc1c(C3CC4CCC3C4)sc3nc[n+](C)c-2c13. The molecule has 28 heavy (non-hydrogen) atoms. The maximum absolute atomic E-state index is 6.72. The molecule has 4 heterocycles. The molecule has 2 bridgehead atoms. The van der Waals surface area contributed by atoms with Gasteiger partial charge in [0.1, 0.15) is 11.1 Å². The number of benzene rings is 1. The van der Waals surface area contributed by atoms with Crippen LogP contribution < -0.4 is 9.30 Å². The molecule has 3 unspecified atom stereocenters. The van der Waals surface area contributed by atoms with Crippen molar-refractivity contribution in [1.82, 2.24) is 4.98 Å². The van der Waals surface area contributed by atoms with Crippen LogP contribution in [0.25, 0.3) is 31.6 Å². The van der Waals surface area contributed by atoms with Gasteiger partial charge in [-0.1, -0.05) is 17.8 Å². The first-order chi connectivity index (χ1) is 13.7. The summed E-state index contributed by atoms with van der Waals surface area (Å²) in [6.45, 7) is 2.23. The highest BCUT2D eigenvalue weighted by molar-refractivity contribution is 7.19. The van der Waals surface area contributed by atoms with Gasteiger partial charge in [-0.3, -0.25) is 0 Å². The second kappa shape index (κ2) is 5.33. The lowest BCUT2D eigenvalue weighted by atomic mass is 9.86. The molecular formula is C23H21N2OS2+. The fraction of sp³-hybridized carbons (Fsp3) is 0.391. The molecule has 0 amide bonds. The van der Waals surface area contributed by atoms with Gasteiger partial charge in [-0.25, -0.2) is 4.57 Å². The van der Waals surface area contributed by atoms with Crippen LogP contribution >= 0.6 is 22.7 Å². The summed E-state index contributed by atoms with van der Waals surface area (Å²) in [4.78, 5) is 7.39. The Bertz CT molecular complexity index is 1300. The molecule has 4 aromatic rings. The largest absolute Gasteiger partial charge is 0.454 e. The van der Waals surface area contributed by atoms with E-state index in [-0.39, 0.29) is 0 Å². The lowest BCUT2D eigenvalue weighted by Crippen LogP contribution is -2.32. The van der Waals surface area contributed by atoms with Crippen LogP contribution in [0.1, 0.15) is 42.0 Å². The lowest BCUT2D eigenvalue weighted by molar-refractivity contribution is -0.662. The minimum atomic E-state index is 0.666. The summed E-state index contributed by atoms with van der Waals surface area (Å²) in [5.74, 6) is 4.57. The van der Waals surface area contributed by atoms with E-state index in [0.29, 0.717) is 5.92 Å². The second-order valence-corrected chi connectivity index (χ2v) is 10.7. The maximum Gasteiger partial charge on any atom is 0.288 e. The molecule has 3 aliphatic rings. The number of hydrogen-bond acceptors (Lipinski definition) is 4. The molecule has 3 nitrogen and oxygen atoms in total. The van der Waals surface area contributed by atoms with Gasteiger partial charge in [-0.2, -0.15) is 0 Å². The van der Waals surface area contributed by atoms with Crippen molar-refractivity contribution < 1.29 is 9.30 Å². The summed E-state index contributed by atoms with van der Waals surface area (Å²) in [6, 6.07) is 4.48. The van der Waals surface area contributed by atoms with Crippen molar-refractivity contribution in [3.05, 3.63) is 34.3 Å². The molecule has 2 fully saturated rings. The number of aryl methyl sites for hydroxylation is 2. The van der Waals surface area contributed by atoms with E-state index in [1.54, 1.807) is 11.3 Å². The smallest absolute Gasteiger partial charge is 0.288 e. The number of ether oxygens (including phenoxy) is 1. The van der Waals surface area contributed by atoms with Gasteiger partial charge < -0.3 is 4.74 Å². The van der Waals surface area contributed by atoms with Gasteiger partial charge in [0.15, 0.2) is 11.4 Å². The van der Waals surface area contributed by atoms with Crippen molar-refractivity contribution in [3.63, 3.8) is 0 Å². The predicted octanol–water partition coefficient (Wildman–Crippen LogP) is 6.32. The molecule has 140 valence electrons. The lowest BCUT2D eigenvalue weighted by Gasteiger charge is -2.24. The molecule has 7 rings (SSSR count). The molecular weight excluding hydrogens is 384 g/mol. The molecule has 3 aromatic heterocycles. The molecule has 2 aliphatic carbocycles. The Balaban J connectivity index is 1.55. The quantitative estimate of drug-likeness (QED) is 0.305. The first kappa shape index (κ1) is 15.9. The van der Waals surface area contributed by atoms with E-state index < -0.39 is 0 Å². The number of rotatable bonds is 1. The van der Waals surface area contributed by atoms with Gasteiger partial charge >= 0.3 is 0 Å². The molecule has 0 radical (unpaired) electrons. The van der Waals surface area contributed by atoms with E-state index in [1.807, 2.05) is 17.7 Å². The van der Waals surface area contributed by atoms with Crippen LogP contribution in [0.15, 0.2) is 23.8 Å². The monoisotopic (exact) mass is 405 g/mol. The Hall–Kier alpha value is -1.98. The van der Waals surface area contributed by atoms with Gasteiger partial charge in [0.2, 0.25) is 4.83 Å². The van der Waals surface area contributed by atoms with E-state index in [4.69, 9.17) is 9.72 Å². The Labute approximate surface area is 171 Å². The normalized spacial score (nSPS) is 24.9. The molecule has 1 aromatic carbocycles. The van der Waals surface area contributed by atoms with Crippen molar-refractivity contribution in [3.8, 4) is 22.8 Å². The molecule has 0 spiro atoms. The van der Waals surface area contributed by atoms with Crippen molar-refractivity contribution in [1.29, 1.82) is 0 Å². The number of hydrogen-bond donors (Lipinski definition) is 0. The van der Waals surface area contributed by atoms with E-state index in [9.17, 15) is 0 Å². The summed E-state index contributed by atoms with van der Waals surface area (Å²) in [5, 5.41) is 4.75. The maximum atomic E-state index is 6.72. The number of nitrogens with zero attached hydrogens (tertiary/aromatic N) is 2. The molecule has 1 aliphatic heterocycles. The third kappa shape index (κ3) is 1.89. The molecule has 2 saturated carbocycles. The van der Waals surface area contributed by atoms with Crippen LogP contribution in [0.4, 0.5) is 0 Å². The summed E-state index contributed by atoms with van der Waals surface area (Å²) in [7, 11) is 2.12. The summed E-state index contributed by atoms with van der Waals surface area (Å²) < 4.78 is 10.2. The first-order valence-corrected chi connectivity index (χ1v) is 11.9. The minimum absolute atomic E-state index is 0.666. The Morgan fingerprint density at radius 2 is 2.18 bits per heavy atom. The third-order valence-corrected chi connectivity index (χ3v) is 9.39. The van der Waals surface area contributed by atoms with E-state index >= 15 is 0 Å². The van der Waals surface area contributed by atoms with Gasteiger partial charge in [-0.15, -0.1) is 11.3 Å². The summed E-state index contributed by atoms with van der Waals surface area (Å²) in [6.07, 6.45) is 7.56. The number of fused-ring (bicyclic) bond motifs is 5.